The van der Waals surface area contributed by atoms with E-state index in [4.69, 9.17) is 0 Å². The average Bonchev–Trinajstić information content (AvgIpc) is 2.69. The van der Waals surface area contributed by atoms with Gasteiger partial charge in [0.15, 0.2) is 0 Å². The molecule has 0 unspecified atom stereocenters. The highest BCUT2D eigenvalue weighted by Crippen LogP contribution is 2.16. The van der Waals surface area contributed by atoms with Crippen LogP contribution in [0.1, 0.15) is 17.9 Å². The molecule has 0 bridgehead atoms. The van der Waals surface area contributed by atoms with Crippen LogP contribution in [0.4, 0.5) is 5.82 Å². The molecular formula is C14H22N4. The van der Waals surface area contributed by atoms with Gasteiger partial charge in [0.1, 0.15) is 11.6 Å². The van der Waals surface area contributed by atoms with Crippen molar-refractivity contribution in [3.8, 4) is 0 Å². The molecule has 4 heteroatoms. The summed E-state index contributed by atoms with van der Waals surface area (Å²) in [4.78, 5) is 4.53. The lowest BCUT2D eigenvalue weighted by Gasteiger charge is -2.01. The molecule has 0 aliphatic heterocycles. The minimum absolute atomic E-state index is 0.808. The number of anilines is 1. The van der Waals surface area contributed by atoms with E-state index in [0.717, 1.165) is 36.7 Å². The van der Waals surface area contributed by atoms with E-state index in [2.05, 4.69) is 40.9 Å². The Hall–Kier alpha value is -1.97. The molecule has 0 fully saturated rings. The van der Waals surface area contributed by atoms with Gasteiger partial charge in [0.25, 0.3) is 0 Å². The van der Waals surface area contributed by atoms with Crippen LogP contribution in [0.3, 0.4) is 0 Å². The van der Waals surface area contributed by atoms with E-state index in [0.29, 0.717) is 0 Å². The number of nitrogens with one attached hydrogen (secondary N) is 2. The maximum Gasteiger partial charge on any atom is 0.147 e. The molecule has 0 saturated heterocycles. The minimum atomic E-state index is 0.808. The van der Waals surface area contributed by atoms with Gasteiger partial charge >= 0.3 is 0 Å². The number of imidazole rings is 1. The van der Waals surface area contributed by atoms with Crippen LogP contribution in [0.15, 0.2) is 31.5 Å². The Labute approximate surface area is 109 Å². The topological polar surface area (TPSA) is 41.9 Å². The van der Waals surface area contributed by atoms with Gasteiger partial charge in [-0.25, -0.2) is 4.98 Å². The minimum Gasteiger partial charge on any atom is -0.391 e. The Bertz CT molecular complexity index is 429. The molecule has 0 aromatic carbocycles. The number of allylic oxidation sites excluding steroid dienone is 1. The van der Waals surface area contributed by atoms with Crippen LogP contribution in [0.5, 0.6) is 0 Å². The molecular weight excluding hydrogens is 224 g/mol. The standard InChI is InChI=1S/C14H22N4/c1-5-16-11-9-7-8-10-13-17-14(15-4)12(3)18(13)6-2/h5-8,15-16H,1-2,9-11H2,3-4H3. The van der Waals surface area contributed by atoms with E-state index in [1.165, 1.54) is 0 Å². The summed E-state index contributed by atoms with van der Waals surface area (Å²) in [6.07, 6.45) is 9.58. The first kappa shape index (κ1) is 14.1. The Morgan fingerprint density at radius 2 is 2.11 bits per heavy atom. The first-order valence-corrected chi connectivity index (χ1v) is 6.11. The summed E-state index contributed by atoms with van der Waals surface area (Å²) in [7, 11) is 1.88. The van der Waals surface area contributed by atoms with Crippen molar-refractivity contribution in [2.45, 2.75) is 19.8 Å². The van der Waals surface area contributed by atoms with E-state index >= 15 is 0 Å². The largest absolute Gasteiger partial charge is 0.391 e. The van der Waals surface area contributed by atoms with Gasteiger partial charge in [-0.3, -0.25) is 0 Å². The number of hydrogen-bond donors (Lipinski definition) is 2. The van der Waals surface area contributed by atoms with Crippen LogP contribution < -0.4 is 10.6 Å². The predicted molar refractivity (Wildman–Crippen MR) is 78.6 cm³/mol. The van der Waals surface area contributed by atoms with Gasteiger partial charge < -0.3 is 15.2 Å². The molecule has 1 aromatic heterocycles. The zero-order valence-corrected chi connectivity index (χ0v) is 11.2. The molecule has 0 radical (unpaired) electrons. The van der Waals surface area contributed by atoms with E-state index in [1.54, 1.807) is 12.4 Å². The molecule has 18 heavy (non-hydrogen) atoms. The summed E-state index contributed by atoms with van der Waals surface area (Å²) in [6.45, 7) is 10.4. The number of aromatic nitrogens is 2. The summed E-state index contributed by atoms with van der Waals surface area (Å²) >= 11 is 0. The lowest BCUT2D eigenvalue weighted by atomic mass is 10.3. The average molecular weight is 246 g/mol. The van der Waals surface area contributed by atoms with Crippen LogP contribution in [-0.2, 0) is 6.42 Å². The van der Waals surface area contributed by atoms with Crippen molar-refractivity contribution in [1.29, 1.82) is 0 Å². The third-order valence-corrected chi connectivity index (χ3v) is 2.71. The first-order valence-electron chi connectivity index (χ1n) is 6.11. The zero-order chi connectivity index (χ0) is 13.4. The Balaban J connectivity index is 2.61. The van der Waals surface area contributed by atoms with Crippen molar-refractivity contribution in [2.24, 2.45) is 0 Å². The molecule has 1 heterocycles. The number of hydrogen-bond acceptors (Lipinski definition) is 3. The van der Waals surface area contributed by atoms with E-state index < -0.39 is 0 Å². The lowest BCUT2D eigenvalue weighted by Crippen LogP contribution is -2.04. The van der Waals surface area contributed by atoms with Gasteiger partial charge in [0.05, 0.1) is 5.69 Å². The van der Waals surface area contributed by atoms with Crippen LogP contribution in [0.25, 0.3) is 6.20 Å². The summed E-state index contributed by atoms with van der Waals surface area (Å²) in [5.41, 5.74) is 1.09. The summed E-state index contributed by atoms with van der Waals surface area (Å²) in [5.74, 6) is 1.91. The molecule has 0 amide bonds. The Morgan fingerprint density at radius 3 is 2.72 bits per heavy atom. The smallest absolute Gasteiger partial charge is 0.147 e. The van der Waals surface area contributed by atoms with E-state index in [-0.39, 0.29) is 0 Å². The van der Waals surface area contributed by atoms with Gasteiger partial charge in [0, 0.05) is 26.2 Å². The van der Waals surface area contributed by atoms with Crippen LogP contribution in [0.2, 0.25) is 0 Å². The third kappa shape index (κ3) is 3.52. The maximum atomic E-state index is 4.53. The fourth-order valence-electron chi connectivity index (χ4n) is 1.77. The normalized spacial score (nSPS) is 10.6. The lowest BCUT2D eigenvalue weighted by molar-refractivity contribution is 0.850. The zero-order valence-electron chi connectivity index (χ0n) is 11.2. The number of rotatable bonds is 8. The summed E-state index contributed by atoms with van der Waals surface area (Å²) in [6, 6.07) is 0. The number of nitrogens with zero attached hydrogens (tertiary/aromatic N) is 2. The van der Waals surface area contributed by atoms with Crippen LogP contribution in [0, 0.1) is 6.92 Å². The predicted octanol–water partition coefficient (Wildman–Crippen LogP) is 2.56. The SMILES string of the molecule is C=CNCCC=CCc1nc(NC)c(C)n1C=C. The maximum absolute atomic E-state index is 4.53. The molecule has 0 atom stereocenters. The van der Waals surface area contributed by atoms with Gasteiger partial charge in [-0.1, -0.05) is 25.3 Å². The van der Waals surface area contributed by atoms with Gasteiger partial charge in [-0.15, -0.1) is 0 Å². The second-order valence-corrected chi connectivity index (χ2v) is 3.89. The Morgan fingerprint density at radius 1 is 1.33 bits per heavy atom. The summed E-state index contributed by atoms with van der Waals surface area (Å²) < 4.78 is 2.01. The Kier molecular flexibility index (Phi) is 5.77. The molecule has 1 aromatic rings. The third-order valence-electron chi connectivity index (χ3n) is 2.71. The van der Waals surface area contributed by atoms with Gasteiger partial charge in [-0.2, -0.15) is 0 Å². The quantitative estimate of drug-likeness (QED) is 0.547. The van der Waals surface area contributed by atoms with Crippen molar-refractivity contribution < 1.29 is 0 Å². The van der Waals surface area contributed by atoms with Gasteiger partial charge in [-0.05, 0) is 19.5 Å². The van der Waals surface area contributed by atoms with Crippen molar-refractivity contribution in [2.75, 3.05) is 18.9 Å². The highest BCUT2D eigenvalue weighted by molar-refractivity contribution is 5.45. The first-order chi connectivity index (χ1) is 8.74. The highest BCUT2D eigenvalue weighted by atomic mass is 15.1. The highest BCUT2D eigenvalue weighted by Gasteiger charge is 2.08. The molecule has 4 nitrogen and oxygen atoms in total. The molecule has 0 aliphatic carbocycles. The molecule has 0 saturated carbocycles. The molecule has 98 valence electrons. The fraction of sp³-hybridized carbons (Fsp3) is 0.357. The molecule has 0 spiro atoms. The van der Waals surface area contributed by atoms with Crippen molar-refractivity contribution >= 4 is 12.0 Å². The second kappa shape index (κ2) is 7.37. The summed E-state index contributed by atoms with van der Waals surface area (Å²) in [5, 5.41) is 6.14. The molecule has 2 N–H and O–H groups in total. The molecule has 1 rings (SSSR count). The van der Waals surface area contributed by atoms with Crippen molar-refractivity contribution in [1.82, 2.24) is 14.9 Å². The fourth-order valence-corrected chi connectivity index (χ4v) is 1.77. The van der Waals surface area contributed by atoms with E-state index in [9.17, 15) is 0 Å². The van der Waals surface area contributed by atoms with Crippen molar-refractivity contribution in [3.63, 3.8) is 0 Å². The monoisotopic (exact) mass is 246 g/mol. The molecule has 0 aliphatic rings. The van der Waals surface area contributed by atoms with Crippen molar-refractivity contribution in [3.05, 3.63) is 43.0 Å². The van der Waals surface area contributed by atoms with Gasteiger partial charge in [0.2, 0.25) is 0 Å². The van der Waals surface area contributed by atoms with Crippen LogP contribution >= 0.6 is 0 Å². The van der Waals surface area contributed by atoms with E-state index in [1.807, 2.05) is 18.5 Å². The second-order valence-electron chi connectivity index (χ2n) is 3.89. The van der Waals surface area contributed by atoms with Crippen LogP contribution in [-0.4, -0.2) is 23.1 Å².